The standard InChI is InChI=1S/C32H50O4/c1-18(2)14-19(3)8-11-27-20(4)30-28(36-27)16-26-24-10-9-22-15-23(35-21(5)33)12-13-31(22,6)25(24)17-29(34)32(26,30)7/h18-19,22-26,28,30H,8-17H2,1-7H3/t19?,22?,23-,24?,25?,26?,28-,30?,31-,32+/m0/s1. The molecule has 6 unspecified atom stereocenters. The zero-order chi connectivity index (χ0) is 26.0. The first-order chi connectivity index (χ1) is 16.9. The lowest BCUT2D eigenvalue weighted by atomic mass is 9.44. The molecule has 4 nitrogen and oxygen atoms in total. The van der Waals surface area contributed by atoms with E-state index >= 15 is 0 Å². The zero-order valence-corrected chi connectivity index (χ0v) is 23.9. The van der Waals surface area contributed by atoms with Gasteiger partial charge in [-0.15, -0.1) is 0 Å². The lowest BCUT2D eigenvalue weighted by Gasteiger charge is -2.60. The van der Waals surface area contributed by atoms with Crippen molar-refractivity contribution in [3.8, 4) is 0 Å². The van der Waals surface area contributed by atoms with Crippen molar-refractivity contribution in [3.05, 3.63) is 11.3 Å². The molecule has 1 heterocycles. The Kier molecular flexibility index (Phi) is 6.91. The number of rotatable bonds is 6. The van der Waals surface area contributed by atoms with E-state index in [9.17, 15) is 9.59 Å². The average Bonchev–Trinajstić information content (AvgIpc) is 3.27. The minimum absolute atomic E-state index is 0.0652. The molecule has 36 heavy (non-hydrogen) atoms. The molecule has 0 aromatic rings. The maximum Gasteiger partial charge on any atom is 0.302 e. The number of esters is 1. The van der Waals surface area contributed by atoms with Gasteiger partial charge >= 0.3 is 5.97 Å². The molecule has 0 aromatic carbocycles. The van der Waals surface area contributed by atoms with Gasteiger partial charge in [0, 0.05) is 31.1 Å². The molecule has 0 amide bonds. The van der Waals surface area contributed by atoms with Gasteiger partial charge in [-0.3, -0.25) is 9.59 Å². The monoisotopic (exact) mass is 498 g/mol. The van der Waals surface area contributed by atoms with Gasteiger partial charge in [-0.25, -0.2) is 0 Å². The van der Waals surface area contributed by atoms with Crippen LogP contribution in [0.25, 0.3) is 0 Å². The first-order valence-electron chi connectivity index (χ1n) is 15.0. The van der Waals surface area contributed by atoms with Crippen molar-refractivity contribution in [3.63, 3.8) is 0 Å². The Morgan fingerprint density at radius 3 is 2.56 bits per heavy atom. The topological polar surface area (TPSA) is 52.6 Å². The highest BCUT2D eigenvalue weighted by Gasteiger charge is 2.67. The Morgan fingerprint density at radius 1 is 1.11 bits per heavy atom. The van der Waals surface area contributed by atoms with Gasteiger partial charge in [0.2, 0.25) is 0 Å². The van der Waals surface area contributed by atoms with E-state index in [1.807, 2.05) is 0 Å². The Labute approximate surface area is 219 Å². The van der Waals surface area contributed by atoms with Crippen LogP contribution in [-0.2, 0) is 19.1 Å². The van der Waals surface area contributed by atoms with E-state index in [1.54, 1.807) is 0 Å². The van der Waals surface area contributed by atoms with Crippen LogP contribution in [0.15, 0.2) is 11.3 Å². The van der Waals surface area contributed by atoms with Gasteiger partial charge in [-0.1, -0.05) is 34.6 Å². The van der Waals surface area contributed by atoms with Crippen LogP contribution in [-0.4, -0.2) is 24.0 Å². The maximum absolute atomic E-state index is 14.1. The van der Waals surface area contributed by atoms with Crippen LogP contribution >= 0.6 is 0 Å². The lowest BCUT2D eigenvalue weighted by molar-refractivity contribution is -0.165. The first-order valence-corrected chi connectivity index (χ1v) is 15.0. The molecule has 202 valence electrons. The van der Waals surface area contributed by atoms with Crippen molar-refractivity contribution in [2.45, 2.75) is 125 Å². The summed E-state index contributed by atoms with van der Waals surface area (Å²) in [7, 11) is 0. The first kappa shape index (κ1) is 26.3. The molecule has 4 fully saturated rings. The summed E-state index contributed by atoms with van der Waals surface area (Å²) in [5.74, 6) is 5.37. The molecule has 5 rings (SSSR count). The molecule has 0 saturated heterocycles. The van der Waals surface area contributed by atoms with E-state index in [2.05, 4.69) is 41.5 Å². The number of ether oxygens (including phenoxy) is 2. The van der Waals surface area contributed by atoms with E-state index in [1.165, 1.54) is 43.9 Å². The van der Waals surface area contributed by atoms with Crippen LogP contribution in [0.2, 0.25) is 0 Å². The SMILES string of the molecule is CC(=O)O[C@H]1CC[C@@]2(C)C(CCC3C2CC(=O)[C@@]2(C)C3C[C@@H]3OC(CCC(C)CC(C)C)=C(C)C32)C1. The van der Waals surface area contributed by atoms with Gasteiger partial charge in [-0.05, 0) is 105 Å². The summed E-state index contributed by atoms with van der Waals surface area (Å²) < 4.78 is 12.3. The van der Waals surface area contributed by atoms with Crippen molar-refractivity contribution in [1.29, 1.82) is 0 Å². The van der Waals surface area contributed by atoms with Gasteiger partial charge in [0.15, 0.2) is 0 Å². The predicted octanol–water partition coefficient (Wildman–Crippen LogP) is 7.50. The Hall–Kier alpha value is -1.32. The van der Waals surface area contributed by atoms with Gasteiger partial charge < -0.3 is 9.47 Å². The fourth-order valence-corrected chi connectivity index (χ4v) is 10.1. The molecule has 0 radical (unpaired) electrons. The summed E-state index contributed by atoms with van der Waals surface area (Å²) in [6.07, 6.45) is 10.9. The number of carbonyl (C=O) groups excluding carboxylic acids is 2. The number of ketones is 1. The van der Waals surface area contributed by atoms with Gasteiger partial charge in [-0.2, -0.15) is 0 Å². The Balaban J connectivity index is 1.33. The summed E-state index contributed by atoms with van der Waals surface area (Å²) in [6.45, 7) is 15.5. The fourth-order valence-electron chi connectivity index (χ4n) is 10.1. The zero-order valence-electron chi connectivity index (χ0n) is 23.9. The summed E-state index contributed by atoms with van der Waals surface area (Å²) >= 11 is 0. The molecule has 5 aliphatic rings. The second-order valence-electron chi connectivity index (χ2n) is 14.3. The molecular formula is C32H50O4. The normalized spacial score (nSPS) is 44.4. The molecule has 0 spiro atoms. The average molecular weight is 499 g/mol. The van der Waals surface area contributed by atoms with Crippen LogP contribution in [0, 0.1) is 52.3 Å². The second-order valence-corrected chi connectivity index (χ2v) is 14.3. The fraction of sp³-hybridized carbons (Fsp3) is 0.875. The van der Waals surface area contributed by atoms with Crippen LogP contribution in [0.1, 0.15) is 113 Å². The molecular weight excluding hydrogens is 448 g/mol. The third-order valence-electron chi connectivity index (χ3n) is 11.8. The highest BCUT2D eigenvalue weighted by Crippen LogP contribution is 2.68. The van der Waals surface area contributed by atoms with Crippen LogP contribution < -0.4 is 0 Å². The summed E-state index contributed by atoms with van der Waals surface area (Å²) in [4.78, 5) is 25.7. The smallest absolute Gasteiger partial charge is 0.302 e. The van der Waals surface area contributed by atoms with Crippen LogP contribution in [0.4, 0.5) is 0 Å². The van der Waals surface area contributed by atoms with Crippen molar-refractivity contribution >= 4 is 11.8 Å². The predicted molar refractivity (Wildman–Crippen MR) is 142 cm³/mol. The molecule has 0 N–H and O–H groups in total. The molecule has 4 heteroatoms. The number of allylic oxidation sites excluding steroid dienone is 1. The number of hydrogen-bond acceptors (Lipinski definition) is 4. The van der Waals surface area contributed by atoms with Crippen molar-refractivity contribution in [2.75, 3.05) is 0 Å². The number of fused-ring (bicyclic) bond motifs is 7. The molecule has 4 aliphatic carbocycles. The summed E-state index contributed by atoms with van der Waals surface area (Å²) in [5.41, 5.74) is 1.31. The van der Waals surface area contributed by atoms with Gasteiger partial charge in [0.1, 0.15) is 18.0 Å². The van der Waals surface area contributed by atoms with Crippen molar-refractivity contribution in [1.82, 2.24) is 0 Å². The van der Waals surface area contributed by atoms with E-state index < -0.39 is 0 Å². The second kappa shape index (κ2) is 9.45. The minimum atomic E-state index is -0.265. The number of Topliss-reactive ketones (excluding diaryl/α,β-unsaturated/α-hetero) is 1. The van der Waals surface area contributed by atoms with Gasteiger partial charge in [0.05, 0.1) is 5.76 Å². The third-order valence-corrected chi connectivity index (χ3v) is 11.8. The van der Waals surface area contributed by atoms with E-state index in [0.717, 1.165) is 44.4 Å². The highest BCUT2D eigenvalue weighted by atomic mass is 16.5. The maximum atomic E-state index is 14.1. The minimum Gasteiger partial charge on any atom is -0.494 e. The molecule has 0 aromatic heterocycles. The molecule has 1 aliphatic heterocycles. The largest absolute Gasteiger partial charge is 0.494 e. The summed E-state index contributed by atoms with van der Waals surface area (Å²) in [5, 5.41) is 0. The van der Waals surface area contributed by atoms with Crippen molar-refractivity contribution < 1.29 is 19.1 Å². The molecule has 4 saturated carbocycles. The van der Waals surface area contributed by atoms with Crippen LogP contribution in [0.5, 0.6) is 0 Å². The van der Waals surface area contributed by atoms with Crippen molar-refractivity contribution in [2.24, 2.45) is 52.3 Å². The third kappa shape index (κ3) is 4.17. The number of carbonyl (C=O) groups is 2. The van der Waals surface area contributed by atoms with E-state index in [4.69, 9.17) is 9.47 Å². The Morgan fingerprint density at radius 2 is 1.86 bits per heavy atom. The van der Waals surface area contributed by atoms with Crippen LogP contribution in [0.3, 0.4) is 0 Å². The van der Waals surface area contributed by atoms with E-state index in [-0.39, 0.29) is 34.9 Å². The lowest BCUT2D eigenvalue weighted by Crippen LogP contribution is -2.57. The molecule has 10 atom stereocenters. The number of hydrogen-bond donors (Lipinski definition) is 0. The highest BCUT2D eigenvalue weighted by molar-refractivity contribution is 5.87. The van der Waals surface area contributed by atoms with Gasteiger partial charge in [0.25, 0.3) is 0 Å². The Bertz CT molecular complexity index is 919. The quantitative estimate of drug-likeness (QED) is 0.356. The molecule has 0 bridgehead atoms. The summed E-state index contributed by atoms with van der Waals surface area (Å²) in [6, 6.07) is 0. The van der Waals surface area contributed by atoms with E-state index in [0.29, 0.717) is 35.4 Å².